The maximum Gasteiger partial charge on any atom is 0.258 e. The summed E-state index contributed by atoms with van der Waals surface area (Å²) in [6.45, 7) is 4.78. The summed E-state index contributed by atoms with van der Waals surface area (Å²) in [7, 11) is -3.30. The van der Waals surface area contributed by atoms with Crippen molar-refractivity contribution >= 4 is 39.5 Å². The second kappa shape index (κ2) is 6.97. The summed E-state index contributed by atoms with van der Waals surface area (Å²) in [5, 5.41) is 4.84. The molecule has 0 aliphatic carbocycles. The molecule has 0 radical (unpaired) electrons. The van der Waals surface area contributed by atoms with E-state index in [0.717, 1.165) is 33.4 Å². The van der Waals surface area contributed by atoms with Crippen molar-refractivity contribution in [1.29, 1.82) is 0 Å². The first-order valence-corrected chi connectivity index (χ1v) is 11.8. The second-order valence-corrected chi connectivity index (χ2v) is 9.98. The van der Waals surface area contributed by atoms with Gasteiger partial charge in [0.05, 0.1) is 22.7 Å². The fraction of sp³-hybridized carbons (Fsp3) is 0.368. The highest BCUT2D eigenvalue weighted by atomic mass is 32.2. The number of sulfonamides is 1. The van der Waals surface area contributed by atoms with E-state index in [9.17, 15) is 13.2 Å². The van der Waals surface area contributed by atoms with Gasteiger partial charge in [-0.2, -0.15) is 0 Å². The van der Waals surface area contributed by atoms with Crippen molar-refractivity contribution in [1.82, 2.24) is 10.1 Å². The van der Waals surface area contributed by atoms with Crippen LogP contribution in [0.1, 0.15) is 32.9 Å². The predicted octanol–water partition coefficient (Wildman–Crippen LogP) is 2.80. The Labute approximate surface area is 168 Å². The van der Waals surface area contributed by atoms with Crippen LogP contribution in [0.4, 0.5) is 5.69 Å². The molecule has 148 valence electrons. The van der Waals surface area contributed by atoms with E-state index in [-0.39, 0.29) is 5.91 Å². The van der Waals surface area contributed by atoms with E-state index in [1.807, 2.05) is 26.0 Å². The Hall–Kier alpha value is -2.26. The Morgan fingerprint density at radius 3 is 2.75 bits per heavy atom. The Bertz CT molecular complexity index is 1070. The Morgan fingerprint density at radius 2 is 2.07 bits per heavy atom. The molecule has 1 aromatic heterocycles. The van der Waals surface area contributed by atoms with E-state index < -0.39 is 10.0 Å². The lowest BCUT2D eigenvalue weighted by molar-refractivity contribution is 0.0831. The maximum atomic E-state index is 13.1. The van der Waals surface area contributed by atoms with Crippen molar-refractivity contribution in [2.24, 2.45) is 0 Å². The number of benzene rings is 1. The molecule has 1 aromatic carbocycles. The van der Waals surface area contributed by atoms with Gasteiger partial charge in [-0.25, -0.2) is 8.42 Å². The number of fused-ring (bicyclic) bond motifs is 1. The number of thioether (sulfide) groups is 1. The fourth-order valence-corrected chi connectivity index (χ4v) is 5.55. The molecule has 0 atom stereocenters. The molecule has 1 saturated heterocycles. The summed E-state index contributed by atoms with van der Waals surface area (Å²) >= 11 is 1.63. The SMILES string of the molecule is Cc1noc(C)c1/C=C1/SCCN1C(=O)c1ccc2c(c1)CCN2S(C)(=O)=O. The van der Waals surface area contributed by atoms with Crippen LogP contribution in [0.2, 0.25) is 0 Å². The lowest BCUT2D eigenvalue weighted by atomic mass is 10.1. The average molecular weight is 420 g/mol. The Balaban J connectivity index is 1.63. The third kappa shape index (κ3) is 3.33. The molecule has 0 spiro atoms. The van der Waals surface area contributed by atoms with Crippen molar-refractivity contribution in [3.63, 3.8) is 0 Å². The number of rotatable bonds is 3. The molecule has 2 aromatic rings. The zero-order valence-corrected chi connectivity index (χ0v) is 17.6. The van der Waals surface area contributed by atoms with Crippen LogP contribution in [0.3, 0.4) is 0 Å². The minimum atomic E-state index is -3.30. The van der Waals surface area contributed by atoms with Gasteiger partial charge in [0.25, 0.3) is 5.91 Å². The molecule has 0 saturated carbocycles. The van der Waals surface area contributed by atoms with Crippen LogP contribution in [-0.2, 0) is 16.4 Å². The van der Waals surface area contributed by atoms with Crippen LogP contribution in [0, 0.1) is 13.8 Å². The molecule has 0 bridgehead atoms. The van der Waals surface area contributed by atoms with Gasteiger partial charge in [-0.3, -0.25) is 9.10 Å². The van der Waals surface area contributed by atoms with Crippen LogP contribution in [0.15, 0.2) is 27.8 Å². The first kappa shape index (κ1) is 19.1. The highest BCUT2D eigenvalue weighted by Crippen LogP contribution is 2.35. The molecular weight excluding hydrogens is 398 g/mol. The van der Waals surface area contributed by atoms with Crippen molar-refractivity contribution in [2.75, 3.05) is 29.4 Å². The number of carbonyl (C=O) groups is 1. The molecule has 1 fully saturated rings. The molecular formula is C19H21N3O4S2. The standard InChI is InChI=1S/C19H21N3O4S2/c1-12-16(13(2)26-20-12)11-18-21(8-9-27-18)19(23)15-4-5-17-14(10-15)6-7-22(17)28(3,24)25/h4-5,10-11H,6-9H2,1-3H3/b18-11+. The summed E-state index contributed by atoms with van der Waals surface area (Å²) in [5.74, 6) is 1.47. The van der Waals surface area contributed by atoms with Crippen LogP contribution in [0.5, 0.6) is 0 Å². The van der Waals surface area contributed by atoms with Crippen molar-refractivity contribution < 1.29 is 17.7 Å². The van der Waals surface area contributed by atoms with E-state index in [1.54, 1.807) is 28.8 Å². The number of carbonyl (C=O) groups excluding carboxylic acids is 1. The van der Waals surface area contributed by atoms with Gasteiger partial charge in [0.2, 0.25) is 10.0 Å². The van der Waals surface area contributed by atoms with Crippen molar-refractivity contribution in [3.8, 4) is 0 Å². The quantitative estimate of drug-likeness (QED) is 0.761. The highest BCUT2D eigenvalue weighted by molar-refractivity contribution is 8.03. The number of hydrogen-bond donors (Lipinski definition) is 0. The van der Waals surface area contributed by atoms with Gasteiger partial charge in [-0.1, -0.05) is 5.16 Å². The van der Waals surface area contributed by atoms with Crippen LogP contribution in [0.25, 0.3) is 6.08 Å². The lowest BCUT2D eigenvalue weighted by Crippen LogP contribution is -2.28. The van der Waals surface area contributed by atoms with E-state index >= 15 is 0 Å². The summed E-state index contributed by atoms with van der Waals surface area (Å²) < 4.78 is 30.4. The van der Waals surface area contributed by atoms with Gasteiger partial charge >= 0.3 is 0 Å². The van der Waals surface area contributed by atoms with Crippen molar-refractivity contribution in [3.05, 3.63) is 51.4 Å². The zero-order valence-electron chi connectivity index (χ0n) is 15.9. The van der Waals surface area contributed by atoms with E-state index in [2.05, 4.69) is 5.16 Å². The minimum Gasteiger partial charge on any atom is -0.361 e. The molecule has 0 unspecified atom stereocenters. The summed E-state index contributed by atoms with van der Waals surface area (Å²) in [4.78, 5) is 14.9. The number of aryl methyl sites for hydroxylation is 2. The van der Waals surface area contributed by atoms with Crippen molar-refractivity contribution in [2.45, 2.75) is 20.3 Å². The molecule has 1 amide bonds. The molecule has 0 N–H and O–H groups in total. The average Bonchev–Trinajstić information content (AvgIpc) is 3.35. The number of anilines is 1. The summed E-state index contributed by atoms with van der Waals surface area (Å²) in [6.07, 6.45) is 3.77. The summed E-state index contributed by atoms with van der Waals surface area (Å²) in [6, 6.07) is 5.26. The normalized spacial score (nSPS) is 18.2. The van der Waals surface area contributed by atoms with Crippen LogP contribution >= 0.6 is 11.8 Å². The first-order valence-electron chi connectivity index (χ1n) is 8.95. The fourth-order valence-electron chi connectivity index (χ4n) is 3.58. The smallest absolute Gasteiger partial charge is 0.258 e. The lowest BCUT2D eigenvalue weighted by Gasteiger charge is -2.19. The summed E-state index contributed by atoms with van der Waals surface area (Å²) in [5.41, 5.74) is 3.82. The van der Waals surface area contributed by atoms with E-state index in [4.69, 9.17) is 4.52 Å². The number of aromatic nitrogens is 1. The van der Waals surface area contributed by atoms with Gasteiger partial charge in [-0.05, 0) is 50.1 Å². The monoisotopic (exact) mass is 419 g/mol. The van der Waals surface area contributed by atoms with E-state index in [0.29, 0.717) is 30.8 Å². The number of hydrogen-bond acceptors (Lipinski definition) is 6. The van der Waals surface area contributed by atoms with E-state index in [1.165, 1.54) is 10.6 Å². The van der Waals surface area contributed by atoms with Gasteiger partial charge < -0.3 is 9.42 Å². The predicted molar refractivity (Wildman–Crippen MR) is 110 cm³/mol. The second-order valence-electron chi connectivity index (χ2n) is 6.95. The molecule has 4 rings (SSSR count). The van der Waals surface area contributed by atoms with Gasteiger partial charge in [0.1, 0.15) is 5.76 Å². The molecule has 3 heterocycles. The number of nitrogens with zero attached hydrogens (tertiary/aromatic N) is 3. The minimum absolute atomic E-state index is 0.0800. The molecule has 2 aliphatic rings. The highest BCUT2D eigenvalue weighted by Gasteiger charge is 2.30. The van der Waals surface area contributed by atoms with Gasteiger partial charge in [0.15, 0.2) is 0 Å². The largest absolute Gasteiger partial charge is 0.361 e. The molecule has 2 aliphatic heterocycles. The van der Waals surface area contributed by atoms with Crippen LogP contribution in [-0.4, -0.2) is 49.5 Å². The Kier molecular flexibility index (Phi) is 4.75. The third-order valence-corrected chi connectivity index (χ3v) is 7.21. The molecule has 9 heteroatoms. The first-order chi connectivity index (χ1) is 13.3. The van der Waals surface area contributed by atoms with Gasteiger partial charge in [0, 0.05) is 30.0 Å². The third-order valence-electron chi connectivity index (χ3n) is 5.01. The number of amides is 1. The molecule has 28 heavy (non-hydrogen) atoms. The van der Waals surface area contributed by atoms with Gasteiger partial charge in [-0.15, -0.1) is 11.8 Å². The maximum absolute atomic E-state index is 13.1. The van der Waals surface area contributed by atoms with Crippen LogP contribution < -0.4 is 4.31 Å². The topological polar surface area (TPSA) is 83.7 Å². The Morgan fingerprint density at radius 1 is 1.29 bits per heavy atom. The zero-order chi connectivity index (χ0) is 20.1. The molecule has 7 nitrogen and oxygen atoms in total.